The van der Waals surface area contributed by atoms with E-state index in [1.807, 2.05) is 13.0 Å². The van der Waals surface area contributed by atoms with Crippen LogP contribution in [0.4, 0.5) is 0 Å². The Labute approximate surface area is 105 Å². The summed E-state index contributed by atoms with van der Waals surface area (Å²) in [6.07, 6.45) is 11.7. The fourth-order valence-corrected chi connectivity index (χ4v) is 2.35. The van der Waals surface area contributed by atoms with Gasteiger partial charge in [0.1, 0.15) is 0 Å². The van der Waals surface area contributed by atoms with Crippen LogP contribution < -0.4 is 5.32 Å². The maximum Gasteiger partial charge on any atom is 0.330 e. The van der Waals surface area contributed by atoms with Gasteiger partial charge in [0.05, 0.1) is 6.61 Å². The summed E-state index contributed by atoms with van der Waals surface area (Å²) >= 11 is 0. The summed E-state index contributed by atoms with van der Waals surface area (Å²) in [7, 11) is 0. The van der Waals surface area contributed by atoms with Crippen molar-refractivity contribution in [1.82, 2.24) is 5.32 Å². The zero-order valence-corrected chi connectivity index (χ0v) is 10.9. The van der Waals surface area contributed by atoms with Gasteiger partial charge in [0.25, 0.3) is 0 Å². The molecule has 1 N–H and O–H groups in total. The van der Waals surface area contributed by atoms with Gasteiger partial charge in [-0.1, -0.05) is 31.8 Å². The molecule has 0 heterocycles. The van der Waals surface area contributed by atoms with Gasteiger partial charge in [0.15, 0.2) is 0 Å². The summed E-state index contributed by atoms with van der Waals surface area (Å²) in [5.41, 5.74) is 0. The van der Waals surface area contributed by atoms with E-state index in [0.717, 1.165) is 19.0 Å². The molecule has 1 rings (SSSR count). The number of ether oxygens (including phenoxy) is 1. The van der Waals surface area contributed by atoms with E-state index in [2.05, 4.69) is 5.32 Å². The Morgan fingerprint density at radius 2 is 2.18 bits per heavy atom. The molecule has 0 unspecified atom stereocenters. The number of carbonyl (C=O) groups excluding carboxylic acids is 1. The maximum absolute atomic E-state index is 11.0. The Hall–Kier alpha value is -0.830. The fourth-order valence-electron chi connectivity index (χ4n) is 2.35. The molecule has 0 aromatic carbocycles. The predicted molar refractivity (Wildman–Crippen MR) is 69.8 cm³/mol. The molecule has 0 spiro atoms. The lowest BCUT2D eigenvalue weighted by Gasteiger charge is -2.08. The molecule has 3 nitrogen and oxygen atoms in total. The molecule has 0 atom stereocenters. The zero-order valence-electron chi connectivity index (χ0n) is 10.9. The SMILES string of the molecule is CCOC(=O)/C=C/CNCCCC1CCCC1. The molecule has 0 aromatic rings. The maximum atomic E-state index is 11.0. The smallest absolute Gasteiger partial charge is 0.330 e. The lowest BCUT2D eigenvalue weighted by Crippen LogP contribution is -2.16. The first-order valence-corrected chi connectivity index (χ1v) is 6.87. The van der Waals surface area contributed by atoms with Gasteiger partial charge in [-0.25, -0.2) is 4.79 Å². The van der Waals surface area contributed by atoms with E-state index in [-0.39, 0.29) is 5.97 Å². The van der Waals surface area contributed by atoms with Crippen LogP contribution in [-0.4, -0.2) is 25.7 Å². The molecular weight excluding hydrogens is 214 g/mol. The average molecular weight is 239 g/mol. The van der Waals surface area contributed by atoms with Crippen molar-refractivity contribution in [2.75, 3.05) is 19.7 Å². The molecule has 0 bridgehead atoms. The molecule has 0 aromatic heterocycles. The van der Waals surface area contributed by atoms with Gasteiger partial charge in [0.2, 0.25) is 0 Å². The van der Waals surface area contributed by atoms with Gasteiger partial charge < -0.3 is 10.1 Å². The molecular formula is C14H25NO2. The topological polar surface area (TPSA) is 38.3 Å². The lowest BCUT2D eigenvalue weighted by molar-refractivity contribution is -0.137. The number of hydrogen-bond acceptors (Lipinski definition) is 3. The third kappa shape index (κ3) is 7.16. The molecule has 98 valence electrons. The molecule has 1 saturated carbocycles. The van der Waals surface area contributed by atoms with Crippen molar-refractivity contribution in [3.63, 3.8) is 0 Å². The highest BCUT2D eigenvalue weighted by Gasteiger charge is 2.13. The minimum Gasteiger partial charge on any atom is -0.463 e. The number of esters is 1. The van der Waals surface area contributed by atoms with Crippen LogP contribution in [0.2, 0.25) is 0 Å². The predicted octanol–water partition coefficient (Wildman–Crippen LogP) is 2.67. The first-order chi connectivity index (χ1) is 8.33. The van der Waals surface area contributed by atoms with Crippen LogP contribution in [-0.2, 0) is 9.53 Å². The summed E-state index contributed by atoms with van der Waals surface area (Å²) in [4.78, 5) is 11.0. The van der Waals surface area contributed by atoms with E-state index in [1.54, 1.807) is 0 Å². The van der Waals surface area contributed by atoms with Crippen LogP contribution in [0, 0.1) is 5.92 Å². The first-order valence-electron chi connectivity index (χ1n) is 6.87. The van der Waals surface area contributed by atoms with Crippen molar-refractivity contribution in [1.29, 1.82) is 0 Å². The number of carbonyl (C=O) groups is 1. The van der Waals surface area contributed by atoms with Crippen LogP contribution in [0.3, 0.4) is 0 Å². The van der Waals surface area contributed by atoms with Crippen molar-refractivity contribution in [3.05, 3.63) is 12.2 Å². The number of nitrogens with one attached hydrogen (secondary N) is 1. The molecule has 1 aliphatic carbocycles. The van der Waals surface area contributed by atoms with Gasteiger partial charge in [-0.3, -0.25) is 0 Å². The minimum absolute atomic E-state index is 0.250. The van der Waals surface area contributed by atoms with Gasteiger partial charge in [0, 0.05) is 12.6 Å². The van der Waals surface area contributed by atoms with Crippen molar-refractivity contribution in [2.24, 2.45) is 5.92 Å². The standard InChI is InChI=1S/C14H25NO2/c1-2-17-14(16)10-6-12-15-11-5-9-13-7-3-4-8-13/h6,10,13,15H,2-5,7-9,11-12H2,1H3/b10-6+. The quantitative estimate of drug-likeness (QED) is 0.402. The van der Waals surface area contributed by atoms with Gasteiger partial charge in [-0.05, 0) is 32.2 Å². The number of hydrogen-bond donors (Lipinski definition) is 1. The highest BCUT2D eigenvalue weighted by atomic mass is 16.5. The molecule has 1 aliphatic rings. The van der Waals surface area contributed by atoms with E-state index in [4.69, 9.17) is 4.74 Å². The largest absolute Gasteiger partial charge is 0.463 e. The monoisotopic (exact) mass is 239 g/mol. The molecule has 1 fully saturated rings. The highest BCUT2D eigenvalue weighted by molar-refractivity contribution is 5.81. The Balaban J connectivity index is 1.88. The number of rotatable bonds is 8. The van der Waals surface area contributed by atoms with Gasteiger partial charge >= 0.3 is 5.97 Å². The average Bonchev–Trinajstić information content (AvgIpc) is 2.81. The Kier molecular flexibility index (Phi) is 7.72. The van der Waals surface area contributed by atoms with E-state index >= 15 is 0 Å². The Morgan fingerprint density at radius 1 is 1.41 bits per heavy atom. The summed E-state index contributed by atoms with van der Waals surface area (Å²) < 4.78 is 4.78. The van der Waals surface area contributed by atoms with Crippen LogP contribution in [0.25, 0.3) is 0 Å². The van der Waals surface area contributed by atoms with E-state index in [1.165, 1.54) is 44.6 Å². The van der Waals surface area contributed by atoms with Crippen molar-refractivity contribution < 1.29 is 9.53 Å². The molecule has 0 radical (unpaired) electrons. The van der Waals surface area contributed by atoms with Crippen LogP contribution in [0.15, 0.2) is 12.2 Å². The lowest BCUT2D eigenvalue weighted by atomic mass is 10.0. The molecule has 0 amide bonds. The second-order valence-corrected chi connectivity index (χ2v) is 4.65. The third-order valence-corrected chi connectivity index (χ3v) is 3.24. The van der Waals surface area contributed by atoms with Crippen molar-refractivity contribution in [3.8, 4) is 0 Å². The van der Waals surface area contributed by atoms with Crippen molar-refractivity contribution >= 4 is 5.97 Å². The Morgan fingerprint density at radius 3 is 2.88 bits per heavy atom. The normalized spacial score (nSPS) is 16.8. The second kappa shape index (κ2) is 9.23. The molecule has 0 aliphatic heterocycles. The second-order valence-electron chi connectivity index (χ2n) is 4.65. The minimum atomic E-state index is -0.250. The summed E-state index contributed by atoms with van der Waals surface area (Å²) in [5, 5.41) is 3.31. The molecule has 0 saturated heterocycles. The Bertz CT molecular complexity index is 232. The summed E-state index contributed by atoms with van der Waals surface area (Å²) in [6.45, 7) is 4.05. The fraction of sp³-hybridized carbons (Fsp3) is 0.786. The summed E-state index contributed by atoms with van der Waals surface area (Å²) in [5.74, 6) is 0.729. The van der Waals surface area contributed by atoms with Gasteiger partial charge in [-0.15, -0.1) is 0 Å². The first kappa shape index (κ1) is 14.2. The van der Waals surface area contributed by atoms with Gasteiger partial charge in [-0.2, -0.15) is 0 Å². The van der Waals surface area contributed by atoms with E-state index < -0.39 is 0 Å². The molecule has 17 heavy (non-hydrogen) atoms. The zero-order chi connectivity index (χ0) is 12.3. The highest BCUT2D eigenvalue weighted by Crippen LogP contribution is 2.28. The third-order valence-electron chi connectivity index (χ3n) is 3.24. The van der Waals surface area contributed by atoms with E-state index in [0.29, 0.717) is 6.61 Å². The van der Waals surface area contributed by atoms with Crippen LogP contribution >= 0.6 is 0 Å². The van der Waals surface area contributed by atoms with E-state index in [9.17, 15) is 4.79 Å². The van der Waals surface area contributed by atoms with Crippen molar-refractivity contribution in [2.45, 2.75) is 45.4 Å². The molecule has 3 heteroatoms. The van der Waals surface area contributed by atoms with Crippen LogP contribution in [0.5, 0.6) is 0 Å². The van der Waals surface area contributed by atoms with Crippen LogP contribution in [0.1, 0.15) is 45.4 Å². The summed E-state index contributed by atoms with van der Waals surface area (Å²) in [6, 6.07) is 0.